The molecule has 4 aromatic rings. The molecule has 264 valence electrons. The van der Waals surface area contributed by atoms with Crippen molar-refractivity contribution in [1.82, 2.24) is 0 Å². The fourth-order valence-corrected chi connectivity index (χ4v) is 18.0. The smallest absolute Gasteiger partial charge is 0.0654 e. The topological polar surface area (TPSA) is 0 Å². The molecule has 6 rings (SSSR count). The molecule has 0 spiro atoms. The Morgan fingerprint density at radius 3 is 1.33 bits per heavy atom. The van der Waals surface area contributed by atoms with Crippen LogP contribution < -0.4 is 21.2 Å². The summed E-state index contributed by atoms with van der Waals surface area (Å²) in [6, 6.07) is 46.1. The Morgan fingerprint density at radius 2 is 0.961 bits per heavy atom. The molecule has 2 atom stereocenters. The molecular weight excluding hydrogens is 669 g/mol. The second kappa shape index (κ2) is 15.2. The van der Waals surface area contributed by atoms with E-state index in [-0.39, 0.29) is 23.9 Å². The van der Waals surface area contributed by atoms with Gasteiger partial charge in [-0.2, -0.15) is 0 Å². The highest BCUT2D eigenvalue weighted by Gasteiger charge is 2.56. The fraction of sp³-hybridized carbons (Fsp3) is 0.333. The molecule has 51 heavy (non-hydrogen) atoms. The molecule has 0 saturated carbocycles. The standard InChI is InChI=1S/C48H57P3/c1-35(2)49(36(3)4)43-32-31-42(47(8,9)10)45(43)48(51(40-27-19-13-20-28-40)41-29-21-14-22-30-41)34-37(46(5,6)7)33-44(48)50(38-23-15-11-16-24-38)39-25-17-12-18-26-39/h11-36,43H,1-10H3. The van der Waals surface area contributed by atoms with Gasteiger partial charge in [0.1, 0.15) is 0 Å². The Bertz CT molecular complexity index is 1820. The zero-order chi connectivity index (χ0) is 36.6. The fourth-order valence-electron chi connectivity index (χ4n) is 8.18. The summed E-state index contributed by atoms with van der Waals surface area (Å²) >= 11 is 0. The van der Waals surface area contributed by atoms with E-state index in [0.717, 1.165) is 0 Å². The zero-order valence-electron chi connectivity index (χ0n) is 32.4. The van der Waals surface area contributed by atoms with E-state index in [1.165, 1.54) is 32.4 Å². The summed E-state index contributed by atoms with van der Waals surface area (Å²) < 4.78 is 0. The molecule has 0 radical (unpaired) electrons. The summed E-state index contributed by atoms with van der Waals surface area (Å²) in [4.78, 5) is 0. The van der Waals surface area contributed by atoms with Crippen molar-refractivity contribution in [3.8, 4) is 0 Å². The second-order valence-corrected chi connectivity index (χ2v) is 24.8. The van der Waals surface area contributed by atoms with Crippen LogP contribution in [0.4, 0.5) is 0 Å². The predicted octanol–water partition coefficient (Wildman–Crippen LogP) is 12.4. The van der Waals surface area contributed by atoms with Gasteiger partial charge in [0.05, 0.1) is 5.16 Å². The van der Waals surface area contributed by atoms with Gasteiger partial charge in [0.15, 0.2) is 0 Å². The highest BCUT2D eigenvalue weighted by molar-refractivity contribution is 7.81. The maximum Gasteiger partial charge on any atom is 0.0654 e. The van der Waals surface area contributed by atoms with E-state index in [0.29, 0.717) is 17.0 Å². The molecule has 2 aliphatic rings. The van der Waals surface area contributed by atoms with Crippen molar-refractivity contribution in [1.29, 1.82) is 0 Å². The molecule has 4 aromatic carbocycles. The second-order valence-electron chi connectivity index (χ2n) is 16.7. The van der Waals surface area contributed by atoms with Crippen molar-refractivity contribution in [3.05, 3.63) is 168 Å². The molecule has 0 saturated heterocycles. The molecule has 0 fully saturated rings. The monoisotopic (exact) mass is 726 g/mol. The minimum Gasteiger partial charge on any atom is -0.0900 e. The lowest BCUT2D eigenvalue weighted by Gasteiger charge is -2.49. The maximum absolute atomic E-state index is 2.82. The van der Waals surface area contributed by atoms with Crippen LogP contribution in [0.25, 0.3) is 0 Å². The van der Waals surface area contributed by atoms with Gasteiger partial charge in [-0.05, 0) is 81.2 Å². The van der Waals surface area contributed by atoms with Gasteiger partial charge in [-0.25, -0.2) is 0 Å². The molecule has 0 aliphatic heterocycles. The van der Waals surface area contributed by atoms with Crippen LogP contribution in [0, 0.1) is 10.8 Å². The Morgan fingerprint density at radius 1 is 0.549 bits per heavy atom. The van der Waals surface area contributed by atoms with E-state index in [4.69, 9.17) is 0 Å². The average Bonchev–Trinajstić information content (AvgIpc) is 3.71. The van der Waals surface area contributed by atoms with E-state index in [1.807, 2.05) is 0 Å². The first-order valence-electron chi connectivity index (χ1n) is 18.7. The molecule has 0 heterocycles. The van der Waals surface area contributed by atoms with Crippen molar-refractivity contribution in [2.45, 2.75) is 91.4 Å². The summed E-state index contributed by atoms with van der Waals surface area (Å²) in [5, 5.41) is 6.97. The van der Waals surface area contributed by atoms with Crippen LogP contribution in [0.15, 0.2) is 168 Å². The highest BCUT2D eigenvalue weighted by atomic mass is 31.1. The minimum absolute atomic E-state index is 0.0252. The quantitative estimate of drug-likeness (QED) is 0.143. The van der Waals surface area contributed by atoms with Gasteiger partial charge in [-0.3, -0.25) is 0 Å². The summed E-state index contributed by atoms with van der Waals surface area (Å²) in [5.74, 6) is 0. The normalized spacial score (nSPS) is 19.6. The van der Waals surface area contributed by atoms with E-state index < -0.39 is 15.8 Å². The predicted molar refractivity (Wildman–Crippen MR) is 233 cm³/mol. The van der Waals surface area contributed by atoms with E-state index in [1.54, 1.807) is 10.9 Å². The number of benzene rings is 4. The van der Waals surface area contributed by atoms with Crippen LogP contribution in [0.3, 0.4) is 0 Å². The molecule has 0 amide bonds. The van der Waals surface area contributed by atoms with Crippen LogP contribution in [0.5, 0.6) is 0 Å². The van der Waals surface area contributed by atoms with Crippen molar-refractivity contribution >= 4 is 45.0 Å². The van der Waals surface area contributed by atoms with Crippen molar-refractivity contribution in [3.63, 3.8) is 0 Å². The first-order valence-corrected chi connectivity index (χ1v) is 22.9. The first kappa shape index (κ1) is 37.9. The van der Waals surface area contributed by atoms with Gasteiger partial charge in [-0.15, -0.1) is 0 Å². The molecule has 0 aromatic heterocycles. The largest absolute Gasteiger partial charge is 0.0900 e. The lowest BCUT2D eigenvalue weighted by molar-refractivity contribution is 0.509. The lowest BCUT2D eigenvalue weighted by atomic mass is 9.80. The van der Waals surface area contributed by atoms with Gasteiger partial charge in [0.2, 0.25) is 0 Å². The maximum atomic E-state index is 2.82. The van der Waals surface area contributed by atoms with Crippen molar-refractivity contribution < 1.29 is 0 Å². The van der Waals surface area contributed by atoms with Crippen LogP contribution in [-0.4, -0.2) is 22.1 Å². The SMILES string of the molecule is CC(C)P(C(C)C)C1C=CC(C(C)(C)C)=C1C1(P(c2ccccc2)c2ccccc2)C=C(C(C)(C)C)C=C1P(c1ccccc1)c1ccccc1. The average molecular weight is 727 g/mol. The van der Waals surface area contributed by atoms with Gasteiger partial charge in [0, 0.05) is 5.66 Å². The van der Waals surface area contributed by atoms with E-state index in [2.05, 4.69) is 215 Å². The molecule has 3 heteroatoms. The van der Waals surface area contributed by atoms with Gasteiger partial charge >= 0.3 is 0 Å². The van der Waals surface area contributed by atoms with Crippen LogP contribution in [0.2, 0.25) is 0 Å². The van der Waals surface area contributed by atoms with Crippen LogP contribution in [0.1, 0.15) is 69.2 Å². The Hall–Kier alpha value is -2.87. The third-order valence-electron chi connectivity index (χ3n) is 10.3. The summed E-state index contributed by atoms with van der Waals surface area (Å²) in [5.41, 5.74) is 6.20. The number of hydrogen-bond donors (Lipinski definition) is 0. The summed E-state index contributed by atoms with van der Waals surface area (Å²) in [7, 11) is -2.23. The summed E-state index contributed by atoms with van der Waals surface area (Å²) in [6.45, 7) is 24.6. The highest BCUT2D eigenvalue weighted by Crippen LogP contribution is 2.73. The molecular formula is C48H57P3. The third kappa shape index (κ3) is 7.50. The van der Waals surface area contributed by atoms with Gasteiger partial charge < -0.3 is 0 Å². The van der Waals surface area contributed by atoms with E-state index in [9.17, 15) is 0 Å². The van der Waals surface area contributed by atoms with E-state index >= 15 is 0 Å². The number of allylic oxidation sites excluding steroid dienone is 8. The minimum atomic E-state index is -0.953. The lowest BCUT2D eigenvalue weighted by Crippen LogP contribution is -2.42. The Balaban J connectivity index is 1.85. The zero-order valence-corrected chi connectivity index (χ0v) is 35.1. The first-order chi connectivity index (χ1) is 24.2. The molecule has 0 bridgehead atoms. The van der Waals surface area contributed by atoms with Crippen LogP contribution >= 0.6 is 23.8 Å². The van der Waals surface area contributed by atoms with Crippen molar-refractivity contribution in [2.75, 3.05) is 0 Å². The Labute approximate surface area is 313 Å². The van der Waals surface area contributed by atoms with Crippen molar-refractivity contribution in [2.24, 2.45) is 10.8 Å². The Kier molecular flexibility index (Phi) is 11.3. The molecule has 0 nitrogen and oxygen atoms in total. The number of hydrogen-bond acceptors (Lipinski definition) is 0. The van der Waals surface area contributed by atoms with Gasteiger partial charge in [0.25, 0.3) is 0 Å². The molecule has 2 unspecified atom stereocenters. The molecule has 2 aliphatic carbocycles. The molecule has 0 N–H and O–H groups in total. The van der Waals surface area contributed by atoms with Crippen LogP contribution in [-0.2, 0) is 0 Å². The third-order valence-corrected chi connectivity index (χ3v) is 19.5. The number of rotatable bonds is 10. The van der Waals surface area contributed by atoms with Gasteiger partial charge in [-0.1, -0.05) is 223 Å². The summed E-state index contributed by atoms with van der Waals surface area (Å²) in [6.07, 6.45) is 10.7.